The summed E-state index contributed by atoms with van der Waals surface area (Å²) in [7, 11) is 0. The first kappa shape index (κ1) is 13.5. The zero-order valence-corrected chi connectivity index (χ0v) is 12.7. The molecule has 1 N–H and O–H groups in total. The maximum Gasteiger partial charge on any atom is 0.0113 e. The summed E-state index contributed by atoms with van der Waals surface area (Å²) < 4.78 is 0. The second-order valence-electron chi connectivity index (χ2n) is 6.08. The van der Waals surface area contributed by atoms with Gasteiger partial charge in [0.05, 0.1) is 0 Å². The predicted octanol–water partition coefficient (Wildman–Crippen LogP) is 3.81. The third kappa shape index (κ3) is 3.35. The van der Waals surface area contributed by atoms with E-state index in [4.69, 9.17) is 0 Å². The third-order valence-corrected chi connectivity index (χ3v) is 5.96. The van der Waals surface area contributed by atoms with Crippen molar-refractivity contribution in [1.82, 2.24) is 5.32 Å². The van der Waals surface area contributed by atoms with Gasteiger partial charge in [-0.25, -0.2) is 0 Å². The van der Waals surface area contributed by atoms with Gasteiger partial charge in [-0.15, -0.1) is 0 Å². The van der Waals surface area contributed by atoms with Crippen LogP contribution in [0.1, 0.15) is 43.2 Å². The minimum Gasteiger partial charge on any atom is -0.311 e. The summed E-state index contributed by atoms with van der Waals surface area (Å²) in [6, 6.07) is 10.5. The Labute approximate surface area is 121 Å². The van der Waals surface area contributed by atoms with Crippen molar-refractivity contribution >= 4 is 11.8 Å². The van der Waals surface area contributed by atoms with Crippen molar-refractivity contribution in [3.05, 3.63) is 35.4 Å². The second kappa shape index (κ2) is 6.32. The first-order chi connectivity index (χ1) is 9.35. The molecule has 1 fully saturated rings. The van der Waals surface area contributed by atoms with E-state index in [9.17, 15) is 0 Å². The summed E-state index contributed by atoms with van der Waals surface area (Å²) in [6.45, 7) is 0. The maximum absolute atomic E-state index is 3.93. The molecule has 0 bridgehead atoms. The lowest BCUT2D eigenvalue weighted by Crippen LogP contribution is -2.43. The summed E-state index contributed by atoms with van der Waals surface area (Å²) in [5.41, 5.74) is 3.15. The van der Waals surface area contributed by atoms with Crippen LogP contribution in [0.4, 0.5) is 0 Å². The first-order valence-electron chi connectivity index (χ1n) is 7.71. The van der Waals surface area contributed by atoms with Crippen molar-refractivity contribution in [3.8, 4) is 0 Å². The molecule has 19 heavy (non-hydrogen) atoms. The highest BCUT2D eigenvalue weighted by atomic mass is 32.2. The van der Waals surface area contributed by atoms with Gasteiger partial charge in [0, 0.05) is 17.3 Å². The van der Waals surface area contributed by atoms with Gasteiger partial charge >= 0.3 is 0 Å². The second-order valence-corrected chi connectivity index (χ2v) is 7.22. The Morgan fingerprint density at radius 2 is 1.68 bits per heavy atom. The van der Waals surface area contributed by atoms with Crippen molar-refractivity contribution in [2.45, 2.75) is 62.3 Å². The molecule has 0 aromatic heterocycles. The van der Waals surface area contributed by atoms with Crippen molar-refractivity contribution in [2.24, 2.45) is 0 Å². The van der Waals surface area contributed by atoms with Gasteiger partial charge < -0.3 is 5.32 Å². The largest absolute Gasteiger partial charge is 0.311 e. The molecule has 2 aliphatic carbocycles. The Hall–Kier alpha value is -0.470. The zero-order chi connectivity index (χ0) is 13.1. The fourth-order valence-corrected chi connectivity index (χ4v) is 4.38. The van der Waals surface area contributed by atoms with Crippen LogP contribution in [-0.2, 0) is 12.8 Å². The van der Waals surface area contributed by atoms with E-state index in [0.717, 1.165) is 11.3 Å². The van der Waals surface area contributed by atoms with Gasteiger partial charge in [0.1, 0.15) is 0 Å². The van der Waals surface area contributed by atoms with Gasteiger partial charge in [0.15, 0.2) is 0 Å². The van der Waals surface area contributed by atoms with E-state index >= 15 is 0 Å². The summed E-state index contributed by atoms with van der Waals surface area (Å²) >= 11 is 2.06. The van der Waals surface area contributed by atoms with E-state index in [1.54, 1.807) is 11.1 Å². The van der Waals surface area contributed by atoms with E-state index in [1.807, 2.05) is 0 Å². The van der Waals surface area contributed by atoms with E-state index in [1.165, 1.54) is 44.9 Å². The Kier molecular flexibility index (Phi) is 4.49. The molecule has 2 heteroatoms. The third-order valence-electron chi connectivity index (χ3n) is 4.83. The molecule has 3 rings (SSSR count). The van der Waals surface area contributed by atoms with Gasteiger partial charge in [0.25, 0.3) is 0 Å². The molecule has 1 saturated carbocycles. The van der Waals surface area contributed by atoms with Crippen LogP contribution in [0.3, 0.4) is 0 Å². The van der Waals surface area contributed by atoms with Gasteiger partial charge in [-0.1, -0.05) is 24.3 Å². The Balaban J connectivity index is 1.52. The van der Waals surface area contributed by atoms with E-state index in [0.29, 0.717) is 6.04 Å². The average Bonchev–Trinajstić information content (AvgIpc) is 2.48. The lowest BCUT2D eigenvalue weighted by atomic mass is 9.86. The lowest BCUT2D eigenvalue weighted by Gasteiger charge is -2.33. The number of nitrogens with one attached hydrogen (secondary N) is 1. The van der Waals surface area contributed by atoms with Crippen LogP contribution in [0, 0.1) is 0 Å². The van der Waals surface area contributed by atoms with Gasteiger partial charge in [-0.05, 0) is 62.3 Å². The van der Waals surface area contributed by atoms with E-state index in [-0.39, 0.29) is 0 Å². The Morgan fingerprint density at radius 3 is 2.42 bits per heavy atom. The summed E-state index contributed by atoms with van der Waals surface area (Å²) in [5, 5.41) is 4.86. The van der Waals surface area contributed by atoms with Crippen LogP contribution in [0.25, 0.3) is 0 Å². The fraction of sp³-hybridized carbons (Fsp3) is 0.647. The first-order valence-corrected chi connectivity index (χ1v) is 8.99. The SMILES string of the molecule is CSC1CCC(NC2CCc3ccccc3C2)CC1. The number of hydrogen-bond donors (Lipinski definition) is 1. The van der Waals surface area contributed by atoms with Gasteiger partial charge in [-0.2, -0.15) is 11.8 Å². The smallest absolute Gasteiger partial charge is 0.0113 e. The van der Waals surface area contributed by atoms with Crippen molar-refractivity contribution in [1.29, 1.82) is 0 Å². The topological polar surface area (TPSA) is 12.0 Å². The fourth-order valence-electron chi connectivity index (χ4n) is 3.64. The quantitative estimate of drug-likeness (QED) is 0.900. The number of benzene rings is 1. The highest BCUT2D eigenvalue weighted by Gasteiger charge is 2.24. The summed E-state index contributed by atoms with van der Waals surface area (Å²) in [6.07, 6.45) is 11.6. The van der Waals surface area contributed by atoms with Crippen LogP contribution < -0.4 is 5.32 Å². The predicted molar refractivity (Wildman–Crippen MR) is 84.9 cm³/mol. The number of hydrogen-bond acceptors (Lipinski definition) is 2. The van der Waals surface area contributed by atoms with Crippen molar-refractivity contribution in [3.63, 3.8) is 0 Å². The minimum atomic E-state index is 0.714. The van der Waals surface area contributed by atoms with Crippen LogP contribution in [0.2, 0.25) is 0 Å². The lowest BCUT2D eigenvalue weighted by molar-refractivity contribution is 0.324. The highest BCUT2D eigenvalue weighted by Crippen LogP contribution is 2.28. The number of aryl methyl sites for hydroxylation is 1. The monoisotopic (exact) mass is 275 g/mol. The molecular formula is C17H25NS. The number of fused-ring (bicyclic) bond motifs is 1. The minimum absolute atomic E-state index is 0.714. The molecule has 2 aliphatic rings. The molecule has 0 spiro atoms. The Bertz CT molecular complexity index is 409. The molecule has 0 saturated heterocycles. The van der Waals surface area contributed by atoms with Crippen LogP contribution in [0.15, 0.2) is 24.3 Å². The molecule has 1 aromatic rings. The molecule has 104 valence electrons. The van der Waals surface area contributed by atoms with Crippen LogP contribution in [-0.4, -0.2) is 23.6 Å². The molecule has 1 aromatic carbocycles. The standard InChI is InChI=1S/C17H25NS/c1-19-17-10-8-15(9-11-17)18-16-7-6-13-4-2-3-5-14(13)12-16/h2-5,15-18H,6-12H2,1H3. The molecule has 1 unspecified atom stereocenters. The highest BCUT2D eigenvalue weighted by molar-refractivity contribution is 7.99. The zero-order valence-electron chi connectivity index (χ0n) is 11.9. The number of rotatable bonds is 3. The molecule has 0 radical (unpaired) electrons. The van der Waals surface area contributed by atoms with Gasteiger partial charge in [0.2, 0.25) is 0 Å². The van der Waals surface area contributed by atoms with Gasteiger partial charge in [-0.3, -0.25) is 0 Å². The maximum atomic E-state index is 3.93. The molecule has 1 atom stereocenters. The van der Waals surface area contributed by atoms with E-state index in [2.05, 4.69) is 47.6 Å². The van der Waals surface area contributed by atoms with Crippen LogP contribution in [0.5, 0.6) is 0 Å². The number of thioether (sulfide) groups is 1. The van der Waals surface area contributed by atoms with Crippen molar-refractivity contribution < 1.29 is 0 Å². The Morgan fingerprint density at radius 1 is 0.947 bits per heavy atom. The average molecular weight is 275 g/mol. The van der Waals surface area contributed by atoms with Crippen LogP contribution >= 0.6 is 11.8 Å². The molecule has 0 amide bonds. The summed E-state index contributed by atoms with van der Waals surface area (Å²) in [4.78, 5) is 0. The normalized spacial score (nSPS) is 30.9. The van der Waals surface area contributed by atoms with E-state index < -0.39 is 0 Å². The summed E-state index contributed by atoms with van der Waals surface area (Å²) in [5.74, 6) is 0. The van der Waals surface area contributed by atoms with Crippen molar-refractivity contribution in [2.75, 3.05) is 6.26 Å². The molecule has 0 heterocycles. The molecule has 0 aliphatic heterocycles. The molecule has 1 nitrogen and oxygen atoms in total. The molecular weight excluding hydrogens is 250 g/mol.